The molecule has 0 fully saturated rings. The summed E-state index contributed by atoms with van der Waals surface area (Å²) in [7, 11) is 0. The molecule has 0 bridgehead atoms. The Morgan fingerprint density at radius 1 is 1.50 bits per heavy atom. The Labute approximate surface area is 96.9 Å². The van der Waals surface area contributed by atoms with E-state index in [1.54, 1.807) is 11.8 Å². The molecule has 1 aromatic rings. The van der Waals surface area contributed by atoms with Gasteiger partial charge >= 0.3 is 5.69 Å². The van der Waals surface area contributed by atoms with E-state index in [0.717, 1.165) is 16.7 Å². The second kappa shape index (κ2) is 5.69. The molecule has 16 heavy (non-hydrogen) atoms. The fraction of sp³-hybridized carbons (Fsp3) is 0.500. The van der Waals surface area contributed by atoms with E-state index in [2.05, 4.69) is 4.98 Å². The largest absolute Gasteiger partial charge is 0.328 e. The Balaban J connectivity index is 3.07. The maximum atomic E-state index is 11.7. The quantitative estimate of drug-likeness (QED) is 0.602. The van der Waals surface area contributed by atoms with Gasteiger partial charge in [-0.25, -0.2) is 4.79 Å². The molecule has 6 heteroatoms. The third-order valence-electron chi connectivity index (χ3n) is 2.17. The first-order valence-electron chi connectivity index (χ1n) is 4.90. The molecule has 0 saturated heterocycles. The van der Waals surface area contributed by atoms with Gasteiger partial charge in [0.2, 0.25) is 0 Å². The first-order chi connectivity index (χ1) is 7.57. The highest BCUT2D eigenvalue weighted by molar-refractivity contribution is 7.98. The van der Waals surface area contributed by atoms with Crippen LogP contribution in [0.4, 0.5) is 0 Å². The fourth-order valence-electron chi connectivity index (χ4n) is 1.33. The molecule has 0 unspecified atom stereocenters. The van der Waals surface area contributed by atoms with Gasteiger partial charge in [-0.15, -0.1) is 0 Å². The van der Waals surface area contributed by atoms with Gasteiger partial charge in [0, 0.05) is 12.7 Å². The third-order valence-corrected chi connectivity index (χ3v) is 2.87. The van der Waals surface area contributed by atoms with Crippen molar-refractivity contribution in [3.8, 4) is 0 Å². The molecule has 0 spiro atoms. The van der Waals surface area contributed by atoms with Gasteiger partial charge in [0.05, 0.1) is 5.56 Å². The summed E-state index contributed by atoms with van der Waals surface area (Å²) in [6.07, 6.45) is 3.86. The fourth-order valence-corrected chi connectivity index (χ4v) is 1.75. The summed E-state index contributed by atoms with van der Waals surface area (Å²) in [6, 6.07) is 0. The molecular weight excluding hydrogens is 228 g/mol. The number of hydrogen-bond acceptors (Lipinski definition) is 4. The van der Waals surface area contributed by atoms with Gasteiger partial charge in [-0.1, -0.05) is 0 Å². The van der Waals surface area contributed by atoms with Crippen LogP contribution in [0, 0.1) is 0 Å². The molecule has 1 rings (SSSR count). The first-order valence-corrected chi connectivity index (χ1v) is 6.29. The van der Waals surface area contributed by atoms with E-state index in [9.17, 15) is 14.4 Å². The molecule has 0 saturated carbocycles. The number of nitrogens with one attached hydrogen (secondary N) is 1. The van der Waals surface area contributed by atoms with Crippen LogP contribution in [0.25, 0.3) is 0 Å². The number of ketones is 1. The third kappa shape index (κ3) is 2.85. The smallest absolute Gasteiger partial charge is 0.313 e. The predicted molar refractivity (Wildman–Crippen MR) is 64.3 cm³/mol. The van der Waals surface area contributed by atoms with Crippen molar-refractivity contribution in [1.82, 2.24) is 9.55 Å². The van der Waals surface area contributed by atoms with Crippen molar-refractivity contribution >= 4 is 17.5 Å². The van der Waals surface area contributed by atoms with Gasteiger partial charge in [-0.05, 0) is 25.4 Å². The summed E-state index contributed by atoms with van der Waals surface area (Å²) in [4.78, 5) is 36.7. The van der Waals surface area contributed by atoms with Crippen molar-refractivity contribution in [2.45, 2.75) is 19.9 Å². The lowest BCUT2D eigenvalue weighted by atomic mass is 10.2. The van der Waals surface area contributed by atoms with Crippen LogP contribution in [-0.2, 0) is 6.54 Å². The lowest BCUT2D eigenvalue weighted by molar-refractivity contribution is 0.101. The average molecular weight is 242 g/mol. The molecule has 1 N–H and O–H groups in total. The van der Waals surface area contributed by atoms with Crippen LogP contribution in [0.3, 0.4) is 0 Å². The normalized spacial score (nSPS) is 10.4. The number of thioether (sulfide) groups is 1. The van der Waals surface area contributed by atoms with E-state index < -0.39 is 11.2 Å². The zero-order chi connectivity index (χ0) is 12.1. The summed E-state index contributed by atoms with van der Waals surface area (Å²) >= 11 is 1.65. The van der Waals surface area contributed by atoms with Crippen molar-refractivity contribution in [3.63, 3.8) is 0 Å². The number of hydrogen-bond donors (Lipinski definition) is 1. The molecule has 88 valence electrons. The van der Waals surface area contributed by atoms with Gasteiger partial charge in [0.1, 0.15) is 0 Å². The number of Topliss-reactive ketones (excluding diaryl/α,β-unsaturated/α-hetero) is 1. The number of nitrogens with zero attached hydrogens (tertiary/aromatic N) is 1. The Bertz CT molecular complexity index is 490. The summed E-state index contributed by atoms with van der Waals surface area (Å²) < 4.78 is 1.08. The molecule has 0 aliphatic heterocycles. The summed E-state index contributed by atoms with van der Waals surface area (Å²) in [5.74, 6) is 0.538. The van der Waals surface area contributed by atoms with E-state index in [0.29, 0.717) is 6.54 Å². The molecule has 1 aromatic heterocycles. The minimum atomic E-state index is -0.502. The van der Waals surface area contributed by atoms with Crippen LogP contribution >= 0.6 is 11.8 Å². The van der Waals surface area contributed by atoms with Crippen molar-refractivity contribution < 1.29 is 4.79 Å². The van der Waals surface area contributed by atoms with E-state index in [4.69, 9.17) is 0 Å². The number of aromatic amines is 1. The van der Waals surface area contributed by atoms with E-state index >= 15 is 0 Å². The number of rotatable bonds is 5. The maximum absolute atomic E-state index is 11.7. The number of aromatic nitrogens is 2. The van der Waals surface area contributed by atoms with Crippen LogP contribution in [0.5, 0.6) is 0 Å². The maximum Gasteiger partial charge on any atom is 0.328 e. The standard InChI is InChI=1S/C10H14N2O3S/c1-7(13)8-6-11-10(15)12(9(8)14)4-3-5-16-2/h6H,3-5H2,1-2H3,(H,11,15). The molecule has 0 aliphatic carbocycles. The molecule has 0 radical (unpaired) electrons. The van der Waals surface area contributed by atoms with E-state index in [1.807, 2.05) is 6.26 Å². The predicted octanol–water partition coefficient (Wildman–Crippen LogP) is 0.492. The van der Waals surface area contributed by atoms with Crippen LogP contribution in [0.2, 0.25) is 0 Å². The summed E-state index contributed by atoms with van der Waals surface area (Å²) in [6.45, 7) is 1.65. The van der Waals surface area contributed by atoms with Crippen molar-refractivity contribution in [1.29, 1.82) is 0 Å². The highest BCUT2D eigenvalue weighted by atomic mass is 32.2. The number of carbonyl (C=O) groups is 1. The van der Waals surface area contributed by atoms with Gasteiger partial charge in [0.25, 0.3) is 5.56 Å². The van der Waals surface area contributed by atoms with Crippen LogP contribution in [0.15, 0.2) is 15.8 Å². The van der Waals surface area contributed by atoms with Gasteiger partial charge < -0.3 is 4.98 Å². The number of carbonyl (C=O) groups excluding carboxylic acids is 1. The van der Waals surface area contributed by atoms with Crippen molar-refractivity contribution in [2.75, 3.05) is 12.0 Å². The van der Waals surface area contributed by atoms with Gasteiger partial charge in [0.15, 0.2) is 5.78 Å². The van der Waals surface area contributed by atoms with Crippen LogP contribution < -0.4 is 11.2 Å². The highest BCUT2D eigenvalue weighted by Crippen LogP contribution is 1.96. The lowest BCUT2D eigenvalue weighted by Gasteiger charge is -2.04. The molecule has 5 nitrogen and oxygen atoms in total. The zero-order valence-electron chi connectivity index (χ0n) is 9.28. The van der Waals surface area contributed by atoms with E-state index in [1.165, 1.54) is 13.1 Å². The first kappa shape index (κ1) is 12.8. The van der Waals surface area contributed by atoms with Crippen LogP contribution in [-0.4, -0.2) is 27.3 Å². The topological polar surface area (TPSA) is 71.9 Å². The monoisotopic (exact) mass is 242 g/mol. The van der Waals surface area contributed by atoms with Crippen LogP contribution in [0.1, 0.15) is 23.7 Å². The Morgan fingerprint density at radius 2 is 2.19 bits per heavy atom. The molecule has 1 heterocycles. The molecule has 0 amide bonds. The van der Waals surface area contributed by atoms with Crippen molar-refractivity contribution in [2.24, 2.45) is 0 Å². The molecule has 0 aromatic carbocycles. The summed E-state index contributed by atoms with van der Waals surface area (Å²) in [5.41, 5.74) is -0.933. The minimum Gasteiger partial charge on any atom is -0.313 e. The zero-order valence-corrected chi connectivity index (χ0v) is 10.1. The SMILES string of the molecule is CSCCCn1c(=O)[nH]cc(C(C)=O)c1=O. The van der Waals surface area contributed by atoms with Crippen molar-refractivity contribution in [3.05, 3.63) is 32.6 Å². The minimum absolute atomic E-state index is 0.0313. The van der Waals surface area contributed by atoms with Gasteiger partial charge in [-0.2, -0.15) is 11.8 Å². The lowest BCUT2D eigenvalue weighted by Crippen LogP contribution is -2.37. The average Bonchev–Trinajstić information content (AvgIpc) is 2.22. The Kier molecular flexibility index (Phi) is 4.54. The van der Waals surface area contributed by atoms with Gasteiger partial charge in [-0.3, -0.25) is 14.2 Å². The highest BCUT2D eigenvalue weighted by Gasteiger charge is 2.10. The van der Waals surface area contributed by atoms with E-state index in [-0.39, 0.29) is 11.3 Å². The number of H-pyrrole nitrogens is 1. The molecule has 0 aliphatic rings. The second-order valence-corrected chi connectivity index (χ2v) is 4.35. The molecule has 0 atom stereocenters. The second-order valence-electron chi connectivity index (χ2n) is 3.37. The Hall–Kier alpha value is -1.30. The molecular formula is C10H14N2O3S. The Morgan fingerprint density at radius 3 is 2.75 bits per heavy atom. The summed E-state index contributed by atoms with van der Waals surface area (Å²) in [5, 5.41) is 0.